The molecule has 1 N–H and O–H groups in total. The summed E-state index contributed by atoms with van der Waals surface area (Å²) in [7, 11) is -0.603. The van der Waals surface area contributed by atoms with Gasteiger partial charge in [-0.2, -0.15) is 17.4 Å². The van der Waals surface area contributed by atoms with E-state index in [-0.39, 0.29) is 29.9 Å². The molecule has 2 atom stereocenters. The van der Waals surface area contributed by atoms with Gasteiger partial charge in [0.15, 0.2) is 0 Å². The first kappa shape index (κ1) is 27.3. The van der Waals surface area contributed by atoms with Crippen LogP contribution in [0.4, 0.5) is 9.18 Å². The number of rotatable bonds is 7. The molecule has 2 aliphatic heterocycles. The van der Waals surface area contributed by atoms with Gasteiger partial charge in [-0.05, 0) is 55.7 Å². The molecule has 1 aromatic rings. The lowest BCUT2D eigenvalue weighted by Gasteiger charge is -2.42. The van der Waals surface area contributed by atoms with Crippen LogP contribution in [0.15, 0.2) is 24.3 Å². The highest BCUT2D eigenvalue weighted by Gasteiger charge is 2.37. The molecule has 2 unspecified atom stereocenters. The van der Waals surface area contributed by atoms with Crippen molar-refractivity contribution in [3.8, 4) is 0 Å². The molecule has 1 aliphatic carbocycles. The monoisotopic (exact) mass is 526 g/mol. The van der Waals surface area contributed by atoms with Crippen LogP contribution in [-0.2, 0) is 19.7 Å². The van der Waals surface area contributed by atoms with Gasteiger partial charge in [0.05, 0.1) is 25.9 Å². The van der Waals surface area contributed by atoms with Gasteiger partial charge in [-0.15, -0.1) is 0 Å². The van der Waals surface area contributed by atoms with Gasteiger partial charge >= 0.3 is 6.03 Å². The predicted molar refractivity (Wildman–Crippen MR) is 134 cm³/mol. The molecule has 36 heavy (non-hydrogen) atoms. The summed E-state index contributed by atoms with van der Waals surface area (Å²) in [4.78, 5) is 16.7. The van der Waals surface area contributed by atoms with Crippen molar-refractivity contribution in [2.24, 2.45) is 5.92 Å². The molecule has 2 amide bonds. The summed E-state index contributed by atoms with van der Waals surface area (Å²) in [5, 5.41) is 0. The number of nitrogens with one attached hydrogen (secondary N) is 1. The zero-order valence-corrected chi connectivity index (χ0v) is 22.1. The van der Waals surface area contributed by atoms with Crippen LogP contribution in [0.5, 0.6) is 0 Å². The molecule has 2 saturated heterocycles. The first-order chi connectivity index (χ1) is 17.2. The topological polar surface area (TPSA) is 91.4 Å². The van der Waals surface area contributed by atoms with Crippen molar-refractivity contribution in [1.29, 1.82) is 0 Å². The fraction of sp³-hybridized carbons (Fsp3) is 0.720. The Balaban J connectivity index is 1.35. The van der Waals surface area contributed by atoms with Crippen molar-refractivity contribution in [3.05, 3.63) is 35.6 Å². The molecular formula is C25H39FN4O5S. The Morgan fingerprint density at radius 3 is 2.50 bits per heavy atom. The fourth-order valence-electron chi connectivity index (χ4n) is 5.36. The zero-order valence-electron chi connectivity index (χ0n) is 21.3. The number of amides is 2. The van der Waals surface area contributed by atoms with Crippen LogP contribution < -0.4 is 4.72 Å². The standard InChI is InChI=1S/C25H39FN4O5S/c1-28(2)36(32,33)27-24-10-11-30(25(31)29-12-14-34-15-13-29)17-21(24)18-35-23-8-6-19(7-9-23)20-4-3-5-22(26)16-20/h3-5,16,19,21,23-24,27H,6-15,17-18H2,1-2H3/t19-,21?,23+,24?. The molecule has 202 valence electrons. The molecule has 1 aromatic carbocycles. The normalized spacial score (nSPS) is 27.9. The lowest BCUT2D eigenvalue weighted by molar-refractivity contribution is -0.0165. The van der Waals surface area contributed by atoms with Crippen LogP contribution in [0, 0.1) is 11.7 Å². The largest absolute Gasteiger partial charge is 0.378 e. The van der Waals surface area contributed by atoms with E-state index in [1.807, 2.05) is 11.0 Å². The van der Waals surface area contributed by atoms with Crippen molar-refractivity contribution < 1.29 is 27.1 Å². The van der Waals surface area contributed by atoms with Gasteiger partial charge in [-0.3, -0.25) is 0 Å². The number of morpholine rings is 1. The summed E-state index contributed by atoms with van der Waals surface area (Å²) in [5.74, 6) is -0.0264. The number of halogens is 1. The van der Waals surface area contributed by atoms with E-state index < -0.39 is 10.2 Å². The second-order valence-electron chi connectivity index (χ2n) is 10.3. The van der Waals surface area contributed by atoms with Crippen LogP contribution in [0.3, 0.4) is 0 Å². The number of carbonyl (C=O) groups excluding carboxylic acids is 1. The summed E-state index contributed by atoms with van der Waals surface area (Å²) >= 11 is 0. The number of piperidine rings is 1. The average Bonchev–Trinajstić information content (AvgIpc) is 2.88. The first-order valence-electron chi connectivity index (χ1n) is 12.9. The number of carbonyl (C=O) groups is 1. The Kier molecular flexibility index (Phi) is 9.21. The molecule has 0 spiro atoms. The summed E-state index contributed by atoms with van der Waals surface area (Å²) in [6.07, 6.45) is 4.21. The molecule has 0 bridgehead atoms. The second-order valence-corrected chi connectivity index (χ2v) is 12.2. The molecule has 11 heteroatoms. The third kappa shape index (κ3) is 6.95. The molecule has 3 fully saturated rings. The SMILES string of the molecule is CN(C)S(=O)(=O)NC1CCN(C(=O)N2CCOCC2)CC1CO[C@H]1CC[C@@H](c2cccc(F)c2)CC1. The number of ether oxygens (including phenoxy) is 2. The molecule has 9 nitrogen and oxygen atoms in total. The Bertz CT molecular complexity index is 980. The van der Waals surface area contributed by atoms with Gasteiger partial charge < -0.3 is 19.3 Å². The predicted octanol–water partition coefficient (Wildman–Crippen LogP) is 2.41. The van der Waals surface area contributed by atoms with Gasteiger partial charge in [-0.25, -0.2) is 9.18 Å². The Hall–Kier alpha value is -1.79. The van der Waals surface area contributed by atoms with Crippen LogP contribution >= 0.6 is 0 Å². The van der Waals surface area contributed by atoms with Gasteiger partial charge in [0, 0.05) is 52.2 Å². The first-order valence-corrected chi connectivity index (χ1v) is 14.4. The van der Waals surface area contributed by atoms with Crippen molar-refractivity contribution in [2.45, 2.75) is 50.2 Å². The highest BCUT2D eigenvalue weighted by atomic mass is 32.2. The fourth-order valence-corrected chi connectivity index (χ4v) is 6.27. The number of hydrogen-bond donors (Lipinski definition) is 1. The lowest BCUT2D eigenvalue weighted by atomic mass is 9.82. The third-order valence-corrected chi connectivity index (χ3v) is 9.17. The van der Waals surface area contributed by atoms with E-state index in [2.05, 4.69) is 4.72 Å². The second kappa shape index (κ2) is 12.2. The summed E-state index contributed by atoms with van der Waals surface area (Å²) < 4.78 is 54.4. The Morgan fingerprint density at radius 2 is 1.83 bits per heavy atom. The van der Waals surface area contributed by atoms with E-state index in [1.54, 1.807) is 17.0 Å². The van der Waals surface area contributed by atoms with Gasteiger partial charge in [0.25, 0.3) is 10.2 Å². The molecule has 3 aliphatic rings. The Morgan fingerprint density at radius 1 is 1.11 bits per heavy atom. The number of hydrogen-bond acceptors (Lipinski definition) is 5. The Labute approximate surface area is 214 Å². The van der Waals surface area contributed by atoms with Crippen LogP contribution in [-0.4, -0.2) is 101 Å². The molecular weight excluding hydrogens is 487 g/mol. The minimum atomic E-state index is -3.61. The smallest absolute Gasteiger partial charge is 0.320 e. The van der Waals surface area contributed by atoms with Crippen molar-refractivity contribution in [1.82, 2.24) is 18.8 Å². The average molecular weight is 527 g/mol. The van der Waals surface area contributed by atoms with Crippen molar-refractivity contribution in [3.63, 3.8) is 0 Å². The highest BCUT2D eigenvalue weighted by Crippen LogP contribution is 2.34. The molecule has 4 rings (SSSR count). The molecule has 0 radical (unpaired) electrons. The van der Waals surface area contributed by atoms with E-state index in [0.717, 1.165) is 31.2 Å². The number of likely N-dealkylation sites (tertiary alicyclic amines) is 1. The van der Waals surface area contributed by atoms with Gasteiger partial charge in [0.1, 0.15) is 5.82 Å². The van der Waals surface area contributed by atoms with Gasteiger partial charge in [-0.1, -0.05) is 12.1 Å². The lowest BCUT2D eigenvalue weighted by Crippen LogP contribution is -2.58. The summed E-state index contributed by atoms with van der Waals surface area (Å²) in [6.45, 7) is 3.53. The maximum atomic E-state index is 13.6. The minimum Gasteiger partial charge on any atom is -0.378 e. The molecule has 2 heterocycles. The number of benzene rings is 1. The van der Waals surface area contributed by atoms with Crippen LogP contribution in [0.25, 0.3) is 0 Å². The molecule has 0 aromatic heterocycles. The van der Waals surface area contributed by atoms with E-state index in [0.29, 0.717) is 58.3 Å². The highest BCUT2D eigenvalue weighted by molar-refractivity contribution is 7.87. The molecule has 1 saturated carbocycles. The van der Waals surface area contributed by atoms with Gasteiger partial charge in [0.2, 0.25) is 0 Å². The van der Waals surface area contributed by atoms with Crippen LogP contribution in [0.1, 0.15) is 43.6 Å². The zero-order chi connectivity index (χ0) is 25.7. The summed E-state index contributed by atoms with van der Waals surface area (Å²) in [6, 6.07) is 6.50. The maximum absolute atomic E-state index is 13.6. The van der Waals surface area contributed by atoms with E-state index >= 15 is 0 Å². The maximum Gasteiger partial charge on any atom is 0.320 e. The van der Waals surface area contributed by atoms with Crippen molar-refractivity contribution >= 4 is 16.2 Å². The van der Waals surface area contributed by atoms with E-state index in [9.17, 15) is 17.6 Å². The van der Waals surface area contributed by atoms with Crippen LogP contribution in [0.2, 0.25) is 0 Å². The van der Waals surface area contributed by atoms with E-state index in [4.69, 9.17) is 9.47 Å². The number of nitrogens with zero attached hydrogens (tertiary/aromatic N) is 3. The van der Waals surface area contributed by atoms with Crippen molar-refractivity contribution in [2.75, 3.05) is 60.1 Å². The number of urea groups is 1. The quantitative estimate of drug-likeness (QED) is 0.589. The minimum absolute atomic E-state index is 0.0205. The summed E-state index contributed by atoms with van der Waals surface area (Å²) in [5.41, 5.74) is 1.04. The third-order valence-electron chi connectivity index (χ3n) is 7.61. The van der Waals surface area contributed by atoms with E-state index in [1.165, 1.54) is 24.5 Å².